The first-order valence-corrected chi connectivity index (χ1v) is 7.75. The van der Waals surface area contributed by atoms with Gasteiger partial charge in [0.05, 0.1) is 5.75 Å². The minimum atomic E-state index is -0.0919. The topological polar surface area (TPSA) is 33.2 Å². The van der Waals surface area contributed by atoms with Crippen LogP contribution in [0.3, 0.4) is 0 Å². The van der Waals surface area contributed by atoms with Gasteiger partial charge in [0.2, 0.25) is 5.91 Å². The summed E-state index contributed by atoms with van der Waals surface area (Å²) >= 11 is 13.6. The Kier molecular flexibility index (Phi) is 3.87. The van der Waals surface area contributed by atoms with E-state index in [-0.39, 0.29) is 11.3 Å². The van der Waals surface area contributed by atoms with Crippen molar-refractivity contribution >= 4 is 46.6 Å². The first kappa shape index (κ1) is 13.7. The summed E-state index contributed by atoms with van der Waals surface area (Å²) in [6.07, 6.45) is 3.49. The van der Waals surface area contributed by atoms with Crippen LogP contribution in [0.15, 0.2) is 42.7 Å². The number of anilines is 1. The van der Waals surface area contributed by atoms with Gasteiger partial charge in [0.15, 0.2) is 0 Å². The van der Waals surface area contributed by atoms with Gasteiger partial charge in [-0.05, 0) is 24.3 Å². The number of rotatable bonds is 2. The molecule has 1 aromatic carbocycles. The average Bonchev–Trinajstić information content (AvgIpc) is 2.80. The summed E-state index contributed by atoms with van der Waals surface area (Å²) in [6, 6.07) is 8.98. The molecule has 2 aromatic rings. The predicted molar refractivity (Wildman–Crippen MR) is 83.4 cm³/mol. The summed E-state index contributed by atoms with van der Waals surface area (Å²) < 4.78 is 0. The van der Waals surface area contributed by atoms with Crippen molar-refractivity contribution in [3.63, 3.8) is 0 Å². The van der Waals surface area contributed by atoms with Gasteiger partial charge in [-0.1, -0.05) is 29.3 Å². The minimum absolute atomic E-state index is 0.0437. The van der Waals surface area contributed by atoms with E-state index in [2.05, 4.69) is 4.98 Å². The van der Waals surface area contributed by atoms with E-state index in [4.69, 9.17) is 23.2 Å². The number of aromatic nitrogens is 1. The van der Waals surface area contributed by atoms with Gasteiger partial charge in [0.25, 0.3) is 0 Å². The molecule has 102 valence electrons. The molecule has 1 aromatic heterocycles. The first-order valence-electron chi connectivity index (χ1n) is 5.95. The number of hydrogen-bond donors (Lipinski definition) is 0. The molecule has 0 unspecified atom stereocenters. The van der Waals surface area contributed by atoms with Gasteiger partial charge < -0.3 is 0 Å². The van der Waals surface area contributed by atoms with Gasteiger partial charge in [-0.2, -0.15) is 0 Å². The predicted octanol–water partition coefficient (Wildman–Crippen LogP) is 4.17. The smallest absolute Gasteiger partial charge is 0.238 e. The van der Waals surface area contributed by atoms with E-state index in [0.717, 1.165) is 5.56 Å². The highest BCUT2D eigenvalue weighted by atomic mass is 35.5. The number of hydrogen-bond acceptors (Lipinski definition) is 3. The number of amides is 1. The van der Waals surface area contributed by atoms with Gasteiger partial charge in [0, 0.05) is 33.7 Å². The SMILES string of the molecule is O=C1CS[C@@H](c2cccnc2)N1c1cc(Cl)cc(Cl)c1. The van der Waals surface area contributed by atoms with E-state index < -0.39 is 0 Å². The lowest BCUT2D eigenvalue weighted by Crippen LogP contribution is -2.27. The number of halogens is 2. The van der Waals surface area contributed by atoms with Gasteiger partial charge in [-0.15, -0.1) is 11.8 Å². The van der Waals surface area contributed by atoms with E-state index >= 15 is 0 Å². The molecule has 0 aliphatic carbocycles. The van der Waals surface area contributed by atoms with Crippen LogP contribution in [0.4, 0.5) is 5.69 Å². The lowest BCUT2D eigenvalue weighted by atomic mass is 10.2. The molecule has 1 saturated heterocycles. The molecule has 1 amide bonds. The molecule has 0 radical (unpaired) electrons. The lowest BCUT2D eigenvalue weighted by molar-refractivity contribution is -0.115. The van der Waals surface area contributed by atoms with Crippen molar-refractivity contribution in [1.82, 2.24) is 4.98 Å². The molecule has 2 heterocycles. The molecule has 1 fully saturated rings. The molecule has 6 heteroatoms. The van der Waals surface area contributed by atoms with Crippen molar-refractivity contribution in [3.05, 3.63) is 58.3 Å². The summed E-state index contributed by atoms with van der Waals surface area (Å²) in [5.74, 6) is 0.478. The zero-order chi connectivity index (χ0) is 14.1. The fourth-order valence-electron chi connectivity index (χ4n) is 2.15. The fraction of sp³-hybridized carbons (Fsp3) is 0.143. The Labute approximate surface area is 130 Å². The van der Waals surface area contributed by atoms with Gasteiger partial charge >= 0.3 is 0 Å². The number of carbonyl (C=O) groups is 1. The first-order chi connectivity index (χ1) is 9.65. The highest BCUT2D eigenvalue weighted by Crippen LogP contribution is 2.42. The van der Waals surface area contributed by atoms with Crippen molar-refractivity contribution in [2.24, 2.45) is 0 Å². The zero-order valence-corrected chi connectivity index (χ0v) is 12.6. The largest absolute Gasteiger partial charge is 0.295 e. The molecule has 1 atom stereocenters. The van der Waals surface area contributed by atoms with Crippen LogP contribution in [0, 0.1) is 0 Å². The molecule has 20 heavy (non-hydrogen) atoms. The van der Waals surface area contributed by atoms with Crippen LogP contribution >= 0.6 is 35.0 Å². The monoisotopic (exact) mass is 324 g/mol. The van der Waals surface area contributed by atoms with E-state index in [1.807, 2.05) is 12.1 Å². The molecular weight excluding hydrogens is 315 g/mol. The van der Waals surface area contributed by atoms with E-state index in [0.29, 0.717) is 21.5 Å². The molecule has 1 aliphatic heterocycles. The van der Waals surface area contributed by atoms with Gasteiger partial charge in [0.1, 0.15) is 5.37 Å². The van der Waals surface area contributed by atoms with E-state index in [9.17, 15) is 4.79 Å². The summed E-state index contributed by atoms with van der Waals surface area (Å²) in [6.45, 7) is 0. The summed E-state index contributed by atoms with van der Waals surface area (Å²) in [4.78, 5) is 18.0. The number of benzene rings is 1. The molecule has 0 N–H and O–H groups in total. The summed E-state index contributed by atoms with van der Waals surface area (Å²) in [7, 11) is 0. The molecular formula is C14H10Cl2N2OS. The van der Waals surface area contributed by atoms with Crippen molar-refractivity contribution in [2.45, 2.75) is 5.37 Å². The standard InChI is InChI=1S/C14H10Cl2N2OS/c15-10-4-11(16)6-12(5-10)18-13(19)8-20-14(18)9-2-1-3-17-7-9/h1-7,14H,8H2/t14-/m0/s1. The number of pyridine rings is 1. The van der Waals surface area contributed by atoms with E-state index in [1.165, 1.54) is 0 Å². The summed E-state index contributed by atoms with van der Waals surface area (Å²) in [5.41, 5.74) is 1.70. The maximum absolute atomic E-state index is 12.2. The van der Waals surface area contributed by atoms with Crippen molar-refractivity contribution in [1.29, 1.82) is 0 Å². The quantitative estimate of drug-likeness (QED) is 0.831. The molecule has 0 bridgehead atoms. The van der Waals surface area contributed by atoms with Gasteiger partial charge in [-0.3, -0.25) is 14.7 Å². The molecule has 0 spiro atoms. The number of carbonyl (C=O) groups excluding carboxylic acids is 1. The third kappa shape index (κ3) is 2.64. The second-order valence-corrected chi connectivity index (χ2v) is 6.28. The maximum atomic E-state index is 12.2. The van der Waals surface area contributed by atoms with Gasteiger partial charge in [-0.25, -0.2) is 0 Å². The highest BCUT2D eigenvalue weighted by Gasteiger charge is 2.34. The number of thioether (sulfide) groups is 1. The van der Waals surface area contributed by atoms with Crippen LogP contribution in [0.25, 0.3) is 0 Å². The molecule has 1 aliphatic rings. The average molecular weight is 325 g/mol. The second-order valence-electron chi connectivity index (χ2n) is 4.34. The lowest BCUT2D eigenvalue weighted by Gasteiger charge is -2.24. The van der Waals surface area contributed by atoms with Crippen LogP contribution in [-0.2, 0) is 4.79 Å². The Morgan fingerprint density at radius 2 is 2.00 bits per heavy atom. The Hall–Kier alpha value is -1.23. The Morgan fingerprint density at radius 1 is 1.25 bits per heavy atom. The fourth-order valence-corrected chi connectivity index (χ4v) is 3.82. The summed E-state index contributed by atoms with van der Waals surface area (Å²) in [5, 5.41) is 0.940. The molecule has 0 saturated carbocycles. The molecule has 3 rings (SSSR count). The number of nitrogens with zero attached hydrogens (tertiary/aromatic N) is 2. The third-order valence-corrected chi connectivity index (χ3v) is 4.61. The van der Waals surface area contributed by atoms with Crippen molar-refractivity contribution in [3.8, 4) is 0 Å². The second kappa shape index (κ2) is 5.64. The van der Waals surface area contributed by atoms with E-state index in [1.54, 1.807) is 47.3 Å². The highest BCUT2D eigenvalue weighted by molar-refractivity contribution is 8.00. The minimum Gasteiger partial charge on any atom is -0.295 e. The van der Waals surface area contributed by atoms with Crippen molar-refractivity contribution < 1.29 is 4.79 Å². The Balaban J connectivity index is 2.02. The van der Waals surface area contributed by atoms with Crippen LogP contribution in [0.1, 0.15) is 10.9 Å². The Morgan fingerprint density at radius 3 is 2.65 bits per heavy atom. The molecule has 3 nitrogen and oxygen atoms in total. The van der Waals surface area contributed by atoms with Crippen molar-refractivity contribution in [2.75, 3.05) is 10.7 Å². The van der Waals surface area contributed by atoms with Crippen LogP contribution in [0.5, 0.6) is 0 Å². The maximum Gasteiger partial charge on any atom is 0.238 e. The van der Waals surface area contributed by atoms with Crippen LogP contribution in [0.2, 0.25) is 10.0 Å². The zero-order valence-electron chi connectivity index (χ0n) is 10.3. The van der Waals surface area contributed by atoms with Crippen LogP contribution in [-0.4, -0.2) is 16.6 Å². The normalized spacial score (nSPS) is 18.6. The van der Waals surface area contributed by atoms with Crippen LogP contribution < -0.4 is 4.90 Å². The third-order valence-electron chi connectivity index (χ3n) is 2.96. The Bertz CT molecular complexity index is 631.